The maximum atomic E-state index is 11.6. The van der Waals surface area contributed by atoms with Crippen molar-refractivity contribution in [3.05, 3.63) is 23.9 Å². The highest BCUT2D eigenvalue weighted by Crippen LogP contribution is 2.19. The fourth-order valence-electron chi connectivity index (χ4n) is 2.52. The van der Waals surface area contributed by atoms with Gasteiger partial charge in [0.25, 0.3) is 0 Å². The third-order valence-corrected chi connectivity index (χ3v) is 3.69. The second kappa shape index (κ2) is 6.52. The molecule has 2 rings (SSSR count). The van der Waals surface area contributed by atoms with Gasteiger partial charge >= 0.3 is 0 Å². The van der Waals surface area contributed by atoms with Gasteiger partial charge in [0.2, 0.25) is 5.91 Å². The molecule has 1 fully saturated rings. The Labute approximate surface area is 114 Å². The van der Waals surface area contributed by atoms with Crippen LogP contribution < -0.4 is 10.6 Å². The number of nitrogens with zero attached hydrogens (tertiary/aromatic N) is 2. The quantitative estimate of drug-likeness (QED) is 0.852. The van der Waals surface area contributed by atoms with Crippen LogP contribution in [0, 0.1) is 5.92 Å². The Balaban J connectivity index is 1.86. The summed E-state index contributed by atoms with van der Waals surface area (Å²) < 4.78 is 0. The van der Waals surface area contributed by atoms with E-state index in [9.17, 15) is 4.79 Å². The summed E-state index contributed by atoms with van der Waals surface area (Å²) in [6.45, 7) is 2.89. The highest BCUT2D eigenvalue weighted by molar-refractivity contribution is 5.78. The van der Waals surface area contributed by atoms with Gasteiger partial charge in [-0.2, -0.15) is 0 Å². The number of rotatable bonds is 4. The summed E-state index contributed by atoms with van der Waals surface area (Å²) in [5, 5.41) is 5.79. The van der Waals surface area contributed by atoms with Gasteiger partial charge < -0.3 is 10.6 Å². The average molecular weight is 262 g/mol. The number of likely N-dealkylation sites (tertiary alicyclic amines) is 1. The van der Waals surface area contributed by atoms with E-state index in [0.717, 1.165) is 38.3 Å². The number of piperidine rings is 1. The number of hydrogen-bond donors (Lipinski definition) is 2. The fourth-order valence-corrected chi connectivity index (χ4v) is 2.52. The van der Waals surface area contributed by atoms with E-state index < -0.39 is 0 Å². The van der Waals surface area contributed by atoms with Crippen LogP contribution in [0.5, 0.6) is 0 Å². The van der Waals surface area contributed by atoms with Gasteiger partial charge in [-0.1, -0.05) is 0 Å². The zero-order valence-electron chi connectivity index (χ0n) is 11.6. The lowest BCUT2D eigenvalue weighted by molar-refractivity contribution is -0.125. The first-order valence-corrected chi connectivity index (χ1v) is 6.79. The molecule has 0 aromatic carbocycles. The van der Waals surface area contributed by atoms with E-state index in [1.807, 2.05) is 19.3 Å². The van der Waals surface area contributed by atoms with Gasteiger partial charge in [0.05, 0.1) is 0 Å². The molecule has 5 nitrogen and oxygen atoms in total. The van der Waals surface area contributed by atoms with Crippen LogP contribution in [0.25, 0.3) is 0 Å². The summed E-state index contributed by atoms with van der Waals surface area (Å²) in [4.78, 5) is 18.2. The smallest absolute Gasteiger partial charge is 0.222 e. The molecule has 5 heteroatoms. The first-order chi connectivity index (χ1) is 9.22. The van der Waals surface area contributed by atoms with Gasteiger partial charge in [-0.05, 0) is 43.6 Å². The lowest BCUT2D eigenvalue weighted by atomic mass is 9.96. The first kappa shape index (κ1) is 13.8. The predicted molar refractivity (Wildman–Crippen MR) is 75.9 cm³/mol. The van der Waals surface area contributed by atoms with Crippen molar-refractivity contribution in [1.29, 1.82) is 0 Å². The number of carbonyl (C=O) groups is 1. The topological polar surface area (TPSA) is 57.3 Å². The van der Waals surface area contributed by atoms with Gasteiger partial charge in [-0.25, -0.2) is 4.98 Å². The zero-order chi connectivity index (χ0) is 13.7. The minimum Gasteiger partial charge on any atom is -0.373 e. The molecule has 19 heavy (non-hydrogen) atoms. The molecule has 0 spiro atoms. The molecule has 1 aromatic heterocycles. The zero-order valence-corrected chi connectivity index (χ0v) is 11.6. The van der Waals surface area contributed by atoms with E-state index in [1.54, 1.807) is 7.05 Å². The number of pyridine rings is 1. The minimum absolute atomic E-state index is 0.182. The van der Waals surface area contributed by atoms with Crippen LogP contribution in [0.1, 0.15) is 18.4 Å². The molecular formula is C14H22N4O. The predicted octanol–water partition coefficient (Wildman–Crippen LogP) is 1.08. The summed E-state index contributed by atoms with van der Waals surface area (Å²) in [7, 11) is 3.59. The maximum Gasteiger partial charge on any atom is 0.222 e. The Kier molecular flexibility index (Phi) is 4.74. The number of anilines is 1. The van der Waals surface area contributed by atoms with E-state index in [2.05, 4.69) is 26.6 Å². The number of hydrogen-bond acceptors (Lipinski definition) is 4. The summed E-state index contributed by atoms with van der Waals surface area (Å²) in [5.41, 5.74) is 1.26. The van der Waals surface area contributed by atoms with Crippen LogP contribution in [0.3, 0.4) is 0 Å². The summed E-state index contributed by atoms with van der Waals surface area (Å²) in [6.07, 6.45) is 3.73. The average Bonchev–Trinajstić information content (AvgIpc) is 2.47. The largest absolute Gasteiger partial charge is 0.373 e. The van der Waals surface area contributed by atoms with Crippen molar-refractivity contribution in [2.45, 2.75) is 19.4 Å². The Morgan fingerprint density at radius 1 is 1.42 bits per heavy atom. The monoisotopic (exact) mass is 262 g/mol. The molecular weight excluding hydrogens is 240 g/mol. The molecule has 0 unspecified atom stereocenters. The third kappa shape index (κ3) is 3.67. The fraction of sp³-hybridized carbons (Fsp3) is 0.571. The maximum absolute atomic E-state index is 11.6. The van der Waals surface area contributed by atoms with Crippen molar-refractivity contribution in [1.82, 2.24) is 15.2 Å². The van der Waals surface area contributed by atoms with Crippen molar-refractivity contribution in [3.8, 4) is 0 Å². The van der Waals surface area contributed by atoms with Crippen LogP contribution in [-0.4, -0.2) is 43.0 Å². The van der Waals surface area contributed by atoms with E-state index in [-0.39, 0.29) is 11.8 Å². The number of aromatic nitrogens is 1. The van der Waals surface area contributed by atoms with Crippen molar-refractivity contribution in [2.24, 2.45) is 5.92 Å². The van der Waals surface area contributed by atoms with E-state index in [4.69, 9.17) is 0 Å². The minimum atomic E-state index is 0.182. The second-order valence-electron chi connectivity index (χ2n) is 4.96. The molecule has 1 aliphatic rings. The van der Waals surface area contributed by atoms with E-state index in [0.29, 0.717) is 0 Å². The Morgan fingerprint density at radius 3 is 2.79 bits per heavy atom. The molecule has 1 aliphatic heterocycles. The van der Waals surface area contributed by atoms with Crippen LogP contribution >= 0.6 is 0 Å². The summed E-state index contributed by atoms with van der Waals surface area (Å²) in [6, 6.07) is 4.12. The molecule has 0 bridgehead atoms. The van der Waals surface area contributed by atoms with Crippen LogP contribution in [0.2, 0.25) is 0 Å². The van der Waals surface area contributed by atoms with Crippen molar-refractivity contribution >= 4 is 11.7 Å². The van der Waals surface area contributed by atoms with Gasteiger partial charge in [0, 0.05) is 32.8 Å². The molecule has 2 N–H and O–H groups in total. The second-order valence-corrected chi connectivity index (χ2v) is 4.96. The number of amides is 1. The van der Waals surface area contributed by atoms with Crippen LogP contribution in [0.4, 0.5) is 5.82 Å². The summed E-state index contributed by atoms with van der Waals surface area (Å²) >= 11 is 0. The number of nitrogens with one attached hydrogen (secondary N) is 2. The highest BCUT2D eigenvalue weighted by atomic mass is 16.1. The highest BCUT2D eigenvalue weighted by Gasteiger charge is 2.23. The summed E-state index contributed by atoms with van der Waals surface area (Å²) in [5.74, 6) is 1.27. The van der Waals surface area contributed by atoms with Crippen LogP contribution in [0.15, 0.2) is 18.3 Å². The lowest BCUT2D eigenvalue weighted by Gasteiger charge is -2.31. The van der Waals surface area contributed by atoms with Crippen molar-refractivity contribution in [2.75, 3.05) is 32.5 Å². The molecule has 1 amide bonds. The molecule has 1 saturated heterocycles. The molecule has 0 saturated carbocycles. The van der Waals surface area contributed by atoms with E-state index >= 15 is 0 Å². The normalized spacial score (nSPS) is 17.2. The van der Waals surface area contributed by atoms with Crippen molar-refractivity contribution in [3.63, 3.8) is 0 Å². The molecule has 104 valence electrons. The van der Waals surface area contributed by atoms with Crippen LogP contribution in [-0.2, 0) is 11.3 Å². The third-order valence-electron chi connectivity index (χ3n) is 3.69. The molecule has 2 heterocycles. The Bertz CT molecular complexity index is 427. The Morgan fingerprint density at radius 2 is 2.16 bits per heavy atom. The van der Waals surface area contributed by atoms with Gasteiger partial charge in [0.1, 0.15) is 5.82 Å². The Hall–Kier alpha value is -1.62. The molecule has 1 aromatic rings. The van der Waals surface area contributed by atoms with Gasteiger partial charge in [-0.3, -0.25) is 9.69 Å². The van der Waals surface area contributed by atoms with Gasteiger partial charge in [-0.15, -0.1) is 0 Å². The molecule has 0 aliphatic carbocycles. The molecule has 0 atom stereocenters. The molecule has 0 radical (unpaired) electrons. The lowest BCUT2D eigenvalue weighted by Crippen LogP contribution is -2.39. The SMILES string of the molecule is CNC(=O)C1CCN(Cc2ccnc(NC)c2)CC1. The van der Waals surface area contributed by atoms with Gasteiger partial charge in [0.15, 0.2) is 0 Å². The first-order valence-electron chi connectivity index (χ1n) is 6.79. The van der Waals surface area contributed by atoms with Crippen molar-refractivity contribution < 1.29 is 4.79 Å². The number of carbonyl (C=O) groups excluding carboxylic acids is 1. The standard InChI is InChI=1S/C14H22N4O/c1-15-13-9-11(3-6-17-13)10-18-7-4-12(5-8-18)14(19)16-2/h3,6,9,12H,4-5,7-8,10H2,1-2H3,(H,15,17)(H,16,19). The van der Waals surface area contributed by atoms with E-state index in [1.165, 1.54) is 5.56 Å².